The minimum absolute atomic E-state index is 0.0284. The summed E-state index contributed by atoms with van der Waals surface area (Å²) in [6.45, 7) is 7.55. The fourth-order valence-corrected chi connectivity index (χ4v) is 2.65. The van der Waals surface area contributed by atoms with Crippen molar-refractivity contribution in [2.24, 2.45) is 5.41 Å². The number of nitrogens with one attached hydrogen (secondary N) is 1. The number of rotatable bonds is 5. The maximum atomic E-state index is 12.0. The lowest BCUT2D eigenvalue weighted by Gasteiger charge is -2.25. The Morgan fingerprint density at radius 1 is 1.42 bits per heavy atom. The Morgan fingerprint density at radius 3 is 2.47 bits per heavy atom. The van der Waals surface area contributed by atoms with Gasteiger partial charge in [-0.15, -0.1) is 11.3 Å². The van der Waals surface area contributed by atoms with Gasteiger partial charge in [0.05, 0.1) is 17.5 Å². The fourth-order valence-electron chi connectivity index (χ4n) is 1.80. The summed E-state index contributed by atoms with van der Waals surface area (Å²) in [7, 11) is 0. The number of hydrogen-bond acceptors (Lipinski definition) is 4. The van der Waals surface area contributed by atoms with Gasteiger partial charge in [0, 0.05) is 10.9 Å². The molecule has 1 aromatic heterocycles. The molecule has 1 aromatic rings. The SMILES string of the molecule is CC(=O)c1csc(C(=O)N[C@@H](CO)CC(C)(C)C)c1. The number of thiophene rings is 1. The lowest BCUT2D eigenvalue weighted by Crippen LogP contribution is -2.39. The summed E-state index contributed by atoms with van der Waals surface area (Å²) < 4.78 is 0. The number of carbonyl (C=O) groups is 2. The molecule has 106 valence electrons. The van der Waals surface area contributed by atoms with Gasteiger partial charge in [0.1, 0.15) is 0 Å². The number of amides is 1. The van der Waals surface area contributed by atoms with E-state index >= 15 is 0 Å². The van der Waals surface area contributed by atoms with E-state index in [0.29, 0.717) is 16.9 Å². The second-order valence-electron chi connectivity index (χ2n) is 5.87. The van der Waals surface area contributed by atoms with Gasteiger partial charge in [-0.2, -0.15) is 0 Å². The van der Waals surface area contributed by atoms with Gasteiger partial charge in [0.25, 0.3) is 5.91 Å². The maximum Gasteiger partial charge on any atom is 0.261 e. The zero-order chi connectivity index (χ0) is 14.6. The van der Waals surface area contributed by atoms with E-state index in [9.17, 15) is 14.7 Å². The summed E-state index contributed by atoms with van der Waals surface area (Å²) in [6, 6.07) is 1.32. The second-order valence-corrected chi connectivity index (χ2v) is 6.78. The first-order valence-corrected chi connectivity index (χ1v) is 7.12. The Hall–Kier alpha value is -1.20. The largest absolute Gasteiger partial charge is 0.394 e. The average Bonchev–Trinajstić information content (AvgIpc) is 2.75. The zero-order valence-electron chi connectivity index (χ0n) is 11.8. The number of aliphatic hydroxyl groups excluding tert-OH is 1. The Balaban J connectivity index is 2.69. The number of ketones is 1. The topological polar surface area (TPSA) is 66.4 Å². The summed E-state index contributed by atoms with van der Waals surface area (Å²) >= 11 is 1.24. The molecule has 0 aromatic carbocycles. The molecule has 19 heavy (non-hydrogen) atoms. The van der Waals surface area contributed by atoms with E-state index < -0.39 is 0 Å². The monoisotopic (exact) mass is 283 g/mol. The van der Waals surface area contributed by atoms with Crippen LogP contribution in [0.2, 0.25) is 0 Å². The van der Waals surface area contributed by atoms with Crippen LogP contribution in [0.1, 0.15) is 54.1 Å². The van der Waals surface area contributed by atoms with Crippen molar-refractivity contribution in [3.63, 3.8) is 0 Å². The van der Waals surface area contributed by atoms with Gasteiger partial charge in [-0.1, -0.05) is 20.8 Å². The molecule has 0 unspecified atom stereocenters. The smallest absolute Gasteiger partial charge is 0.261 e. The third-order valence-corrected chi connectivity index (χ3v) is 3.57. The highest BCUT2D eigenvalue weighted by Crippen LogP contribution is 2.21. The molecule has 1 heterocycles. The number of aliphatic hydroxyl groups is 1. The van der Waals surface area contributed by atoms with E-state index in [-0.39, 0.29) is 29.8 Å². The summed E-state index contributed by atoms with van der Waals surface area (Å²) in [5.74, 6) is -0.288. The standard InChI is InChI=1S/C14H21NO3S/c1-9(17)10-5-12(19-8-10)13(18)15-11(7-16)6-14(2,3)4/h5,8,11,16H,6-7H2,1-4H3,(H,15,18)/t11-/m1/s1. The van der Waals surface area contributed by atoms with Gasteiger partial charge < -0.3 is 10.4 Å². The van der Waals surface area contributed by atoms with Crippen molar-refractivity contribution in [3.05, 3.63) is 21.9 Å². The van der Waals surface area contributed by atoms with Crippen molar-refractivity contribution in [1.29, 1.82) is 0 Å². The third kappa shape index (κ3) is 5.12. The number of carbonyl (C=O) groups excluding carboxylic acids is 2. The van der Waals surface area contributed by atoms with Crippen LogP contribution in [0, 0.1) is 5.41 Å². The van der Waals surface area contributed by atoms with Crippen LogP contribution in [0.25, 0.3) is 0 Å². The molecule has 0 saturated carbocycles. The quantitative estimate of drug-likeness (QED) is 0.816. The van der Waals surface area contributed by atoms with Crippen molar-refractivity contribution < 1.29 is 14.7 Å². The molecule has 0 fully saturated rings. The molecule has 0 aliphatic heterocycles. The van der Waals surface area contributed by atoms with Gasteiger partial charge >= 0.3 is 0 Å². The summed E-state index contributed by atoms with van der Waals surface area (Å²) in [6.07, 6.45) is 0.695. The van der Waals surface area contributed by atoms with E-state index in [1.807, 2.05) is 0 Å². The number of hydrogen-bond donors (Lipinski definition) is 2. The molecule has 1 amide bonds. The molecule has 0 spiro atoms. The molecule has 0 aliphatic rings. The van der Waals surface area contributed by atoms with Crippen molar-refractivity contribution in [3.8, 4) is 0 Å². The molecule has 1 rings (SSSR count). The second kappa shape index (κ2) is 6.30. The van der Waals surface area contributed by atoms with Gasteiger partial charge in [-0.05, 0) is 24.8 Å². The van der Waals surface area contributed by atoms with Crippen LogP contribution >= 0.6 is 11.3 Å². The molecule has 0 aliphatic carbocycles. The van der Waals surface area contributed by atoms with Gasteiger partial charge in [-0.3, -0.25) is 9.59 Å². The fraction of sp³-hybridized carbons (Fsp3) is 0.571. The van der Waals surface area contributed by atoms with E-state index in [2.05, 4.69) is 26.1 Å². The van der Waals surface area contributed by atoms with Crippen LogP contribution < -0.4 is 5.32 Å². The van der Waals surface area contributed by atoms with Crippen molar-refractivity contribution in [2.45, 2.75) is 40.2 Å². The maximum absolute atomic E-state index is 12.0. The molecule has 0 saturated heterocycles. The number of Topliss-reactive ketones (excluding diaryl/α,β-unsaturated/α-hetero) is 1. The normalized spacial score (nSPS) is 13.1. The van der Waals surface area contributed by atoms with E-state index in [4.69, 9.17) is 0 Å². The van der Waals surface area contributed by atoms with Gasteiger partial charge in [0.15, 0.2) is 5.78 Å². The molecule has 0 bridgehead atoms. The van der Waals surface area contributed by atoms with Gasteiger partial charge in [-0.25, -0.2) is 0 Å². The predicted octanol–water partition coefficient (Wildman–Crippen LogP) is 2.48. The summed E-state index contributed by atoms with van der Waals surface area (Å²) in [5.41, 5.74) is 0.576. The lowest BCUT2D eigenvalue weighted by atomic mass is 9.88. The van der Waals surface area contributed by atoms with E-state index in [1.165, 1.54) is 18.3 Å². The molecule has 2 N–H and O–H groups in total. The zero-order valence-corrected chi connectivity index (χ0v) is 12.6. The first kappa shape index (κ1) is 15.9. The van der Waals surface area contributed by atoms with Crippen molar-refractivity contribution in [2.75, 3.05) is 6.61 Å². The minimum atomic E-state index is -0.268. The highest BCUT2D eigenvalue weighted by Gasteiger charge is 2.21. The van der Waals surface area contributed by atoms with Crippen molar-refractivity contribution >= 4 is 23.0 Å². The lowest BCUT2D eigenvalue weighted by molar-refractivity contribution is 0.0902. The Morgan fingerprint density at radius 2 is 2.05 bits per heavy atom. The highest BCUT2D eigenvalue weighted by molar-refractivity contribution is 7.12. The Labute approximate surface area is 117 Å². The highest BCUT2D eigenvalue weighted by atomic mass is 32.1. The molecule has 0 radical (unpaired) electrons. The Kier molecular flexibility index (Phi) is 5.26. The van der Waals surface area contributed by atoms with Crippen LogP contribution in [0.3, 0.4) is 0 Å². The van der Waals surface area contributed by atoms with Crippen LogP contribution in [-0.2, 0) is 0 Å². The van der Waals surface area contributed by atoms with E-state index in [0.717, 1.165) is 0 Å². The average molecular weight is 283 g/mol. The van der Waals surface area contributed by atoms with Crippen LogP contribution in [-0.4, -0.2) is 29.4 Å². The predicted molar refractivity (Wildman–Crippen MR) is 76.7 cm³/mol. The first-order valence-electron chi connectivity index (χ1n) is 6.24. The van der Waals surface area contributed by atoms with Crippen LogP contribution in [0.15, 0.2) is 11.4 Å². The van der Waals surface area contributed by atoms with E-state index in [1.54, 1.807) is 11.4 Å². The molecule has 1 atom stereocenters. The molecule has 5 heteroatoms. The van der Waals surface area contributed by atoms with Crippen LogP contribution in [0.4, 0.5) is 0 Å². The molecular formula is C14H21NO3S. The van der Waals surface area contributed by atoms with Gasteiger partial charge in [0.2, 0.25) is 0 Å². The molecular weight excluding hydrogens is 262 g/mol. The third-order valence-electron chi connectivity index (χ3n) is 2.64. The van der Waals surface area contributed by atoms with Crippen LogP contribution in [0.5, 0.6) is 0 Å². The molecule has 4 nitrogen and oxygen atoms in total. The summed E-state index contributed by atoms with van der Waals surface area (Å²) in [5, 5.41) is 13.8. The summed E-state index contributed by atoms with van der Waals surface area (Å²) in [4.78, 5) is 23.7. The first-order chi connectivity index (χ1) is 8.73. The minimum Gasteiger partial charge on any atom is -0.394 e. The van der Waals surface area contributed by atoms with Crippen molar-refractivity contribution in [1.82, 2.24) is 5.32 Å². The Bertz CT molecular complexity index is 460.